The fourth-order valence-corrected chi connectivity index (χ4v) is 4.20. The summed E-state index contributed by atoms with van der Waals surface area (Å²) >= 11 is 0. The van der Waals surface area contributed by atoms with Gasteiger partial charge in [0.15, 0.2) is 0 Å². The Bertz CT molecular complexity index is 725. The molecule has 0 bridgehead atoms. The van der Waals surface area contributed by atoms with Gasteiger partial charge in [0, 0.05) is 45.7 Å². The molecule has 0 aliphatic carbocycles. The Hall–Kier alpha value is -1.73. The number of carbonyl (C=O) groups is 1. The maximum Gasteiger partial charge on any atom is 0.253 e. The van der Waals surface area contributed by atoms with Gasteiger partial charge in [-0.2, -0.15) is 0 Å². The number of methoxy groups -OCH3 is 1. The number of likely N-dealkylation sites (N-methyl/N-ethyl adjacent to an activating group) is 1. The van der Waals surface area contributed by atoms with E-state index in [1.165, 1.54) is 6.42 Å². The molecular weight excluding hydrogens is 356 g/mol. The molecule has 1 aromatic rings. The Labute approximate surface area is 167 Å². The minimum Gasteiger partial charge on any atom is -0.380 e. The van der Waals surface area contributed by atoms with Gasteiger partial charge in [-0.05, 0) is 45.7 Å². The molecule has 2 aliphatic rings. The number of carbonyl (C=O) groups excluding carboxylic acids is 1. The van der Waals surface area contributed by atoms with Crippen molar-refractivity contribution in [1.29, 1.82) is 0 Å². The van der Waals surface area contributed by atoms with Crippen molar-refractivity contribution in [3.8, 4) is 0 Å². The maximum absolute atomic E-state index is 12.5. The van der Waals surface area contributed by atoms with E-state index in [1.807, 2.05) is 18.5 Å². The third-order valence-electron chi connectivity index (χ3n) is 6.11. The molecule has 0 saturated carbocycles. The van der Waals surface area contributed by atoms with Gasteiger partial charge in [0.25, 0.3) is 5.56 Å². The summed E-state index contributed by atoms with van der Waals surface area (Å²) in [5.74, 6) is 1.41. The van der Waals surface area contributed by atoms with Crippen molar-refractivity contribution < 1.29 is 9.53 Å². The van der Waals surface area contributed by atoms with E-state index < -0.39 is 0 Å². The predicted molar refractivity (Wildman–Crippen MR) is 109 cm³/mol. The Morgan fingerprint density at radius 3 is 2.75 bits per heavy atom. The molecule has 1 fully saturated rings. The number of hydrogen-bond acceptors (Lipinski definition) is 5. The number of nitrogens with zero attached hydrogens (tertiary/aromatic N) is 4. The molecule has 2 aliphatic heterocycles. The fourth-order valence-electron chi connectivity index (χ4n) is 4.20. The van der Waals surface area contributed by atoms with E-state index in [9.17, 15) is 9.59 Å². The number of piperidine rings is 1. The summed E-state index contributed by atoms with van der Waals surface area (Å²) in [6, 6.07) is 1.75. The number of hydrogen-bond donors (Lipinski definition) is 0. The molecule has 0 unspecified atom stereocenters. The summed E-state index contributed by atoms with van der Waals surface area (Å²) in [6.07, 6.45) is 6.19. The lowest BCUT2D eigenvalue weighted by atomic mass is 9.93. The first-order chi connectivity index (χ1) is 13.5. The van der Waals surface area contributed by atoms with E-state index in [4.69, 9.17) is 9.72 Å². The lowest BCUT2D eigenvalue weighted by Gasteiger charge is -2.32. The van der Waals surface area contributed by atoms with E-state index in [0.717, 1.165) is 63.3 Å². The topological polar surface area (TPSA) is 67.7 Å². The third-order valence-corrected chi connectivity index (χ3v) is 6.11. The third kappa shape index (κ3) is 5.20. The summed E-state index contributed by atoms with van der Waals surface area (Å²) in [6.45, 7) is 5.55. The van der Waals surface area contributed by atoms with Crippen molar-refractivity contribution in [1.82, 2.24) is 19.4 Å². The first-order valence-corrected chi connectivity index (χ1v) is 10.6. The number of rotatable bonds is 6. The van der Waals surface area contributed by atoms with Gasteiger partial charge in [-0.3, -0.25) is 19.1 Å². The second-order valence-electron chi connectivity index (χ2n) is 8.27. The SMILES string of the molecule is CO[C@H](C)CN(C)C(=O)CN1CCC(c2cc(=O)n3c(n2)CCCCC3)CC1. The molecule has 0 radical (unpaired) electrons. The Morgan fingerprint density at radius 1 is 1.29 bits per heavy atom. The van der Waals surface area contributed by atoms with E-state index in [-0.39, 0.29) is 17.6 Å². The van der Waals surface area contributed by atoms with Crippen LogP contribution in [-0.2, 0) is 22.5 Å². The summed E-state index contributed by atoms with van der Waals surface area (Å²) in [4.78, 5) is 33.8. The molecule has 0 spiro atoms. The highest BCUT2D eigenvalue weighted by Crippen LogP contribution is 2.26. The summed E-state index contributed by atoms with van der Waals surface area (Å²) < 4.78 is 7.10. The van der Waals surface area contributed by atoms with Gasteiger partial charge in [-0.1, -0.05) is 6.42 Å². The zero-order valence-corrected chi connectivity index (χ0v) is 17.5. The van der Waals surface area contributed by atoms with Gasteiger partial charge in [-0.15, -0.1) is 0 Å². The van der Waals surface area contributed by atoms with Gasteiger partial charge >= 0.3 is 0 Å². The fraction of sp³-hybridized carbons (Fsp3) is 0.762. The normalized spacial score (nSPS) is 19.7. The van der Waals surface area contributed by atoms with E-state index in [2.05, 4.69) is 4.90 Å². The lowest BCUT2D eigenvalue weighted by molar-refractivity contribution is -0.132. The van der Waals surface area contributed by atoms with Crippen molar-refractivity contribution in [3.63, 3.8) is 0 Å². The molecule has 3 rings (SSSR count). The first kappa shape index (κ1) is 21.0. The summed E-state index contributed by atoms with van der Waals surface area (Å²) in [5.41, 5.74) is 1.06. The van der Waals surface area contributed by atoms with Crippen LogP contribution in [0.4, 0.5) is 0 Å². The second-order valence-corrected chi connectivity index (χ2v) is 8.27. The van der Waals surface area contributed by atoms with Crippen LogP contribution >= 0.6 is 0 Å². The molecule has 156 valence electrons. The van der Waals surface area contributed by atoms with Gasteiger partial charge < -0.3 is 9.64 Å². The van der Waals surface area contributed by atoms with Crippen LogP contribution in [0.2, 0.25) is 0 Å². The molecule has 0 aromatic carbocycles. The molecular formula is C21H34N4O3. The van der Waals surface area contributed by atoms with Gasteiger partial charge in [0.1, 0.15) is 5.82 Å². The van der Waals surface area contributed by atoms with E-state index in [1.54, 1.807) is 18.1 Å². The number of aryl methyl sites for hydroxylation is 1. The summed E-state index contributed by atoms with van der Waals surface area (Å²) in [5, 5.41) is 0. The lowest BCUT2D eigenvalue weighted by Crippen LogP contribution is -2.43. The average molecular weight is 391 g/mol. The molecule has 3 heterocycles. The van der Waals surface area contributed by atoms with Crippen LogP contribution in [0.1, 0.15) is 56.5 Å². The minimum absolute atomic E-state index is 0.0399. The van der Waals surface area contributed by atoms with Crippen LogP contribution in [0.25, 0.3) is 0 Å². The largest absolute Gasteiger partial charge is 0.380 e. The molecule has 1 amide bonds. The van der Waals surface area contributed by atoms with Crippen LogP contribution in [0, 0.1) is 0 Å². The van der Waals surface area contributed by atoms with Crippen molar-refractivity contribution >= 4 is 5.91 Å². The van der Waals surface area contributed by atoms with Crippen molar-refractivity contribution in [3.05, 3.63) is 27.9 Å². The summed E-state index contributed by atoms with van der Waals surface area (Å²) in [7, 11) is 3.49. The monoisotopic (exact) mass is 390 g/mol. The number of likely N-dealkylation sites (tertiary alicyclic amines) is 1. The van der Waals surface area contributed by atoms with Crippen molar-refractivity contribution in [2.45, 2.75) is 64.0 Å². The van der Waals surface area contributed by atoms with Crippen molar-refractivity contribution in [2.75, 3.05) is 40.3 Å². The Balaban J connectivity index is 1.55. The van der Waals surface area contributed by atoms with Crippen LogP contribution in [-0.4, -0.2) is 71.7 Å². The zero-order valence-electron chi connectivity index (χ0n) is 17.5. The molecule has 1 saturated heterocycles. The zero-order chi connectivity index (χ0) is 20.1. The average Bonchev–Trinajstić information content (AvgIpc) is 2.94. The Kier molecular flexibility index (Phi) is 7.24. The molecule has 7 nitrogen and oxygen atoms in total. The number of amides is 1. The minimum atomic E-state index is 0.0399. The molecule has 1 aromatic heterocycles. The molecule has 0 N–H and O–H groups in total. The maximum atomic E-state index is 12.5. The molecule has 7 heteroatoms. The quantitative estimate of drug-likeness (QED) is 0.739. The highest BCUT2D eigenvalue weighted by atomic mass is 16.5. The smallest absolute Gasteiger partial charge is 0.253 e. The number of ether oxygens (including phenoxy) is 1. The van der Waals surface area contributed by atoms with E-state index >= 15 is 0 Å². The van der Waals surface area contributed by atoms with Gasteiger partial charge in [0.05, 0.1) is 18.3 Å². The molecule has 1 atom stereocenters. The predicted octanol–water partition coefficient (Wildman–Crippen LogP) is 1.64. The number of fused-ring (bicyclic) bond motifs is 1. The van der Waals surface area contributed by atoms with Crippen molar-refractivity contribution in [2.24, 2.45) is 0 Å². The highest BCUT2D eigenvalue weighted by molar-refractivity contribution is 5.78. The second kappa shape index (κ2) is 9.65. The standard InChI is InChI=1S/C21H34N4O3/c1-16(28-3)14-23(2)21(27)15-24-11-8-17(9-12-24)18-13-20(26)25-10-6-4-5-7-19(25)22-18/h13,16-17H,4-12,14-15H2,1-3H3/t16-/m1/s1. The first-order valence-electron chi connectivity index (χ1n) is 10.6. The van der Waals surface area contributed by atoms with Crippen LogP contribution < -0.4 is 5.56 Å². The van der Waals surface area contributed by atoms with Crippen LogP contribution in [0.5, 0.6) is 0 Å². The van der Waals surface area contributed by atoms with Gasteiger partial charge in [-0.25, -0.2) is 4.98 Å². The van der Waals surface area contributed by atoms with Crippen LogP contribution in [0.15, 0.2) is 10.9 Å². The highest BCUT2D eigenvalue weighted by Gasteiger charge is 2.25. The molecule has 28 heavy (non-hydrogen) atoms. The number of aromatic nitrogens is 2. The Morgan fingerprint density at radius 2 is 2.04 bits per heavy atom. The van der Waals surface area contributed by atoms with E-state index in [0.29, 0.717) is 19.0 Å². The van der Waals surface area contributed by atoms with Crippen LogP contribution in [0.3, 0.4) is 0 Å². The van der Waals surface area contributed by atoms with Gasteiger partial charge in [0.2, 0.25) is 5.91 Å².